The molecule has 0 unspecified atom stereocenters. The Kier molecular flexibility index (Phi) is 5.47. The standard InChI is InChI=1S/C40H47N2Si/c1-24-30-20-25(22-39(2,3)4)12-15-28(30)32(23-40(5,6)7)37-34(24)38-35-26(18-19-41(38)8)13-16-29-31-21-27(43(9,10)11)14-17-33(31)42(37)36(29)35/h12-21H,22-23H2,1-11H3/q+1/i18D,19D. The highest BCUT2D eigenvalue weighted by Gasteiger charge is 2.29. The highest BCUT2D eigenvalue weighted by atomic mass is 28.3. The maximum atomic E-state index is 9.08. The monoisotopic (exact) mass is 585 g/mol. The third kappa shape index (κ3) is 4.38. The molecule has 3 heteroatoms. The first-order valence-corrected chi connectivity index (χ1v) is 19.4. The van der Waals surface area contributed by atoms with Crippen LogP contribution < -0.4 is 9.75 Å². The Morgan fingerprint density at radius 1 is 0.767 bits per heavy atom. The van der Waals surface area contributed by atoms with Gasteiger partial charge >= 0.3 is 0 Å². The van der Waals surface area contributed by atoms with E-state index in [0.717, 1.165) is 29.1 Å². The van der Waals surface area contributed by atoms with Crippen LogP contribution in [0.2, 0.25) is 19.6 Å². The quantitative estimate of drug-likeness (QED) is 0.0844. The summed E-state index contributed by atoms with van der Waals surface area (Å²) in [5, 5.41) is 9.78. The minimum Gasteiger partial charge on any atom is -0.307 e. The SMILES string of the molecule is [2H]c1c([2H])[n+](C)c2c3c(C)c4cc(CC(C)(C)C)ccc4c(CC(C)(C)C)c3n3c4ccc([Si](C)(C)C)cc4c4ccc1c2c43. The minimum absolute atomic E-state index is 0.0627. The molecular formula is C40H47N2Si+. The summed E-state index contributed by atoms with van der Waals surface area (Å²) in [5.41, 5.74) is 8.98. The summed E-state index contributed by atoms with van der Waals surface area (Å²) in [6, 6.07) is 19.0. The average molecular weight is 586 g/mol. The maximum Gasteiger partial charge on any atom is 0.224 e. The van der Waals surface area contributed by atoms with Gasteiger partial charge < -0.3 is 4.40 Å². The number of hydrogen-bond acceptors (Lipinski definition) is 0. The molecule has 220 valence electrons. The van der Waals surface area contributed by atoms with Crippen molar-refractivity contribution in [3.63, 3.8) is 0 Å². The maximum absolute atomic E-state index is 9.08. The summed E-state index contributed by atoms with van der Waals surface area (Å²) in [4.78, 5) is 0. The molecule has 0 N–H and O–H groups in total. The number of hydrogen-bond donors (Lipinski definition) is 0. The third-order valence-corrected chi connectivity index (χ3v) is 11.4. The van der Waals surface area contributed by atoms with Gasteiger partial charge in [-0.3, -0.25) is 0 Å². The van der Waals surface area contributed by atoms with Gasteiger partial charge in [0.05, 0.1) is 36.8 Å². The van der Waals surface area contributed by atoms with Crippen molar-refractivity contribution in [2.24, 2.45) is 17.9 Å². The van der Waals surface area contributed by atoms with Gasteiger partial charge in [0.1, 0.15) is 8.42 Å². The molecule has 0 atom stereocenters. The molecule has 0 radical (unpaired) electrons. The topological polar surface area (TPSA) is 8.29 Å². The zero-order valence-corrected chi connectivity index (χ0v) is 28.9. The second-order valence-corrected chi connectivity index (χ2v) is 21.6. The van der Waals surface area contributed by atoms with E-state index in [-0.39, 0.29) is 17.0 Å². The smallest absolute Gasteiger partial charge is 0.224 e. The Morgan fingerprint density at radius 3 is 2.14 bits per heavy atom. The van der Waals surface area contributed by atoms with E-state index in [9.17, 15) is 0 Å². The molecule has 4 aromatic carbocycles. The molecule has 0 saturated carbocycles. The van der Waals surface area contributed by atoms with E-state index >= 15 is 0 Å². The third-order valence-electron chi connectivity index (χ3n) is 9.34. The predicted octanol–water partition coefficient (Wildman–Crippen LogP) is 10.00. The van der Waals surface area contributed by atoms with Gasteiger partial charge in [0.2, 0.25) is 5.52 Å². The minimum atomic E-state index is -1.56. The van der Waals surface area contributed by atoms with Crippen molar-refractivity contribution in [1.29, 1.82) is 0 Å². The van der Waals surface area contributed by atoms with E-state index in [1.807, 2.05) is 11.6 Å². The molecule has 0 aliphatic heterocycles. The zero-order valence-electron chi connectivity index (χ0n) is 29.9. The van der Waals surface area contributed by atoms with Gasteiger partial charge in [0, 0.05) is 16.8 Å². The predicted molar refractivity (Wildman–Crippen MR) is 191 cm³/mol. The fraction of sp³-hybridized carbons (Fsp3) is 0.375. The van der Waals surface area contributed by atoms with E-state index < -0.39 is 8.07 Å². The van der Waals surface area contributed by atoms with Crippen LogP contribution in [0.25, 0.3) is 59.8 Å². The number of pyridine rings is 2. The Morgan fingerprint density at radius 2 is 1.47 bits per heavy atom. The lowest BCUT2D eigenvalue weighted by Gasteiger charge is -2.25. The van der Waals surface area contributed by atoms with Crippen LogP contribution in [-0.2, 0) is 19.9 Å². The first-order valence-electron chi connectivity index (χ1n) is 16.9. The van der Waals surface area contributed by atoms with Crippen LogP contribution in [0.5, 0.6) is 0 Å². The van der Waals surface area contributed by atoms with Gasteiger partial charge in [0.25, 0.3) is 0 Å². The molecule has 0 spiro atoms. The Bertz CT molecular complexity index is 2360. The van der Waals surface area contributed by atoms with E-state index in [2.05, 4.69) is 121 Å². The number of benzene rings is 4. The number of nitrogens with zero attached hydrogens (tertiary/aromatic N) is 2. The molecule has 0 bridgehead atoms. The average Bonchev–Trinajstić information content (AvgIpc) is 3.26. The van der Waals surface area contributed by atoms with Gasteiger partial charge in [-0.1, -0.05) is 109 Å². The molecule has 3 heterocycles. The molecular weight excluding hydrogens is 537 g/mol. The molecule has 2 nitrogen and oxygen atoms in total. The molecule has 0 aliphatic carbocycles. The van der Waals surface area contributed by atoms with Crippen LogP contribution in [0, 0.1) is 17.8 Å². The van der Waals surface area contributed by atoms with E-state index in [1.165, 1.54) is 65.4 Å². The van der Waals surface area contributed by atoms with Crippen LogP contribution in [0.15, 0.2) is 60.7 Å². The van der Waals surface area contributed by atoms with E-state index in [4.69, 9.17) is 2.74 Å². The van der Waals surface area contributed by atoms with Crippen LogP contribution in [0.1, 0.15) is 61.0 Å². The molecule has 0 amide bonds. The van der Waals surface area contributed by atoms with Crippen molar-refractivity contribution in [1.82, 2.24) is 4.40 Å². The summed E-state index contributed by atoms with van der Waals surface area (Å²) >= 11 is 0. The number of fused-ring (bicyclic) bond motifs is 7. The fourth-order valence-electron chi connectivity index (χ4n) is 7.53. The zero-order chi connectivity index (χ0) is 32.5. The van der Waals surface area contributed by atoms with Crippen LogP contribution in [0.3, 0.4) is 0 Å². The number of aryl methyl sites for hydroxylation is 2. The summed E-state index contributed by atoms with van der Waals surface area (Å²) in [5.74, 6) is 0. The van der Waals surface area contributed by atoms with Crippen LogP contribution in [-0.4, -0.2) is 12.5 Å². The van der Waals surface area contributed by atoms with Crippen molar-refractivity contribution >= 4 is 73.0 Å². The summed E-state index contributed by atoms with van der Waals surface area (Å²) in [6.45, 7) is 23.5. The van der Waals surface area contributed by atoms with Gasteiger partial charge in [-0.2, -0.15) is 0 Å². The normalized spacial score (nSPS) is 14.3. The molecule has 7 aromatic rings. The van der Waals surface area contributed by atoms with Gasteiger partial charge in [0.15, 0.2) is 6.17 Å². The lowest BCUT2D eigenvalue weighted by Crippen LogP contribution is -2.37. The fourth-order valence-corrected chi connectivity index (χ4v) is 8.70. The lowest BCUT2D eigenvalue weighted by atomic mass is 9.81. The highest BCUT2D eigenvalue weighted by Crippen LogP contribution is 2.45. The lowest BCUT2D eigenvalue weighted by molar-refractivity contribution is -0.643. The van der Waals surface area contributed by atoms with Gasteiger partial charge in [-0.05, 0) is 69.5 Å². The molecule has 7 rings (SSSR count). The van der Waals surface area contributed by atoms with Gasteiger partial charge in [-0.15, -0.1) is 0 Å². The Hall–Kier alpha value is -3.43. The number of aromatic nitrogens is 2. The molecule has 3 aromatic heterocycles. The van der Waals surface area contributed by atoms with Crippen molar-refractivity contribution in [3.8, 4) is 0 Å². The molecule has 43 heavy (non-hydrogen) atoms. The Balaban J connectivity index is 1.83. The summed E-state index contributed by atoms with van der Waals surface area (Å²) in [6.07, 6.45) is 2.20. The molecule has 0 saturated heterocycles. The van der Waals surface area contributed by atoms with Crippen molar-refractivity contribution in [2.45, 2.75) is 80.9 Å². The van der Waals surface area contributed by atoms with Crippen LogP contribution in [0.4, 0.5) is 0 Å². The largest absolute Gasteiger partial charge is 0.307 e. The van der Waals surface area contributed by atoms with Crippen molar-refractivity contribution in [3.05, 3.63) is 77.4 Å². The Labute approximate surface area is 260 Å². The van der Waals surface area contributed by atoms with E-state index in [1.54, 1.807) is 0 Å². The highest BCUT2D eigenvalue weighted by molar-refractivity contribution is 6.88. The number of rotatable bonds is 3. The second-order valence-electron chi connectivity index (χ2n) is 16.5. The van der Waals surface area contributed by atoms with E-state index in [0.29, 0.717) is 6.04 Å². The van der Waals surface area contributed by atoms with Crippen molar-refractivity contribution in [2.75, 3.05) is 0 Å². The first kappa shape index (κ1) is 26.0. The van der Waals surface area contributed by atoms with Gasteiger partial charge in [-0.25, -0.2) is 4.57 Å². The van der Waals surface area contributed by atoms with Crippen LogP contribution >= 0.6 is 0 Å². The summed E-state index contributed by atoms with van der Waals surface area (Å²) in [7, 11) is 0.433. The van der Waals surface area contributed by atoms with Crippen molar-refractivity contribution < 1.29 is 7.31 Å². The second kappa shape index (κ2) is 9.05. The first-order chi connectivity index (χ1) is 20.9. The summed E-state index contributed by atoms with van der Waals surface area (Å²) < 4.78 is 22.7. The molecule has 0 aliphatic rings. The molecule has 0 fully saturated rings.